The average molecular weight is 305 g/mol. The molecule has 1 aliphatic heterocycles. The minimum absolute atomic E-state index is 0.342. The predicted molar refractivity (Wildman–Crippen MR) is 84.4 cm³/mol. The van der Waals surface area contributed by atoms with Gasteiger partial charge in [-0.3, -0.25) is 0 Å². The number of nitrogens with one attached hydrogen (secondary N) is 1. The summed E-state index contributed by atoms with van der Waals surface area (Å²) in [6.45, 7) is 13.7. The first kappa shape index (κ1) is 17.9. The first-order valence-electron chi connectivity index (χ1n) is 7.80. The highest BCUT2D eigenvalue weighted by atomic mass is 32.2. The highest BCUT2D eigenvalue weighted by molar-refractivity contribution is 7.89. The van der Waals surface area contributed by atoms with E-state index in [4.69, 9.17) is 0 Å². The summed E-state index contributed by atoms with van der Waals surface area (Å²) in [5.41, 5.74) is 0. The van der Waals surface area contributed by atoms with Crippen LogP contribution in [0, 0.1) is 5.92 Å². The number of sulfonamides is 1. The summed E-state index contributed by atoms with van der Waals surface area (Å²) in [6, 6.07) is 0. The summed E-state index contributed by atoms with van der Waals surface area (Å²) in [5.74, 6) is 0.635. The number of rotatable bonds is 8. The van der Waals surface area contributed by atoms with Crippen LogP contribution in [-0.2, 0) is 10.0 Å². The van der Waals surface area contributed by atoms with Gasteiger partial charge in [0.2, 0.25) is 10.0 Å². The van der Waals surface area contributed by atoms with Crippen molar-refractivity contribution in [3.8, 4) is 0 Å². The van der Waals surface area contributed by atoms with Crippen molar-refractivity contribution in [2.75, 3.05) is 45.8 Å². The molecule has 0 spiro atoms. The lowest BCUT2D eigenvalue weighted by molar-refractivity contribution is 0.171. The lowest BCUT2D eigenvalue weighted by Crippen LogP contribution is -2.52. The van der Waals surface area contributed by atoms with Crippen LogP contribution < -0.4 is 5.32 Å². The van der Waals surface area contributed by atoms with Gasteiger partial charge in [0, 0.05) is 39.3 Å². The van der Waals surface area contributed by atoms with Gasteiger partial charge < -0.3 is 10.2 Å². The zero-order chi connectivity index (χ0) is 15.2. The Bertz CT molecular complexity index is 363. The first-order chi connectivity index (χ1) is 9.37. The normalized spacial score (nSPS) is 20.4. The van der Waals surface area contributed by atoms with Crippen molar-refractivity contribution in [3.05, 3.63) is 0 Å². The number of hydrogen-bond donors (Lipinski definition) is 1. The maximum atomic E-state index is 12.5. The van der Waals surface area contributed by atoms with E-state index in [0.29, 0.717) is 25.6 Å². The van der Waals surface area contributed by atoms with E-state index >= 15 is 0 Å². The Balaban J connectivity index is 2.45. The van der Waals surface area contributed by atoms with E-state index < -0.39 is 10.0 Å². The summed E-state index contributed by atoms with van der Waals surface area (Å²) in [6.07, 6.45) is 1.03. The summed E-state index contributed by atoms with van der Waals surface area (Å²) >= 11 is 0. The Kier molecular flexibility index (Phi) is 7.43. The molecule has 1 unspecified atom stereocenters. The summed E-state index contributed by atoms with van der Waals surface area (Å²) in [7, 11) is -3.15. The van der Waals surface area contributed by atoms with Crippen LogP contribution in [0.4, 0.5) is 0 Å². The molecule has 0 aliphatic carbocycles. The number of nitrogens with zero attached hydrogens (tertiary/aromatic N) is 2. The van der Waals surface area contributed by atoms with E-state index in [0.717, 1.165) is 32.6 Å². The van der Waals surface area contributed by atoms with E-state index in [1.807, 2.05) is 0 Å². The number of piperazine rings is 1. The maximum Gasteiger partial charge on any atom is 0.218 e. The van der Waals surface area contributed by atoms with E-state index in [1.54, 1.807) is 11.2 Å². The minimum Gasteiger partial charge on any atom is -0.315 e. The molecule has 0 radical (unpaired) electrons. The Morgan fingerprint density at radius 3 is 2.20 bits per heavy atom. The Morgan fingerprint density at radius 1 is 1.10 bits per heavy atom. The quantitative estimate of drug-likeness (QED) is 0.679. The molecule has 1 fully saturated rings. The number of hydrogen-bond acceptors (Lipinski definition) is 4. The van der Waals surface area contributed by atoms with Crippen LogP contribution in [0.15, 0.2) is 0 Å². The molecule has 0 aromatic carbocycles. The van der Waals surface area contributed by atoms with Gasteiger partial charge in [-0.25, -0.2) is 8.42 Å². The van der Waals surface area contributed by atoms with E-state index in [9.17, 15) is 8.42 Å². The molecular formula is C14H31N3O2S. The summed E-state index contributed by atoms with van der Waals surface area (Å²) < 4.78 is 26.6. The van der Waals surface area contributed by atoms with Crippen molar-refractivity contribution in [1.29, 1.82) is 0 Å². The zero-order valence-corrected chi connectivity index (χ0v) is 14.2. The third-order valence-corrected chi connectivity index (χ3v) is 5.95. The fourth-order valence-corrected chi connectivity index (χ4v) is 4.03. The van der Waals surface area contributed by atoms with Gasteiger partial charge in [-0.1, -0.05) is 20.8 Å². The smallest absolute Gasteiger partial charge is 0.218 e. The highest BCUT2D eigenvalue weighted by Crippen LogP contribution is 2.13. The van der Waals surface area contributed by atoms with Crippen molar-refractivity contribution < 1.29 is 8.42 Å². The molecule has 1 aliphatic rings. The van der Waals surface area contributed by atoms with Crippen molar-refractivity contribution >= 4 is 10.0 Å². The molecule has 20 heavy (non-hydrogen) atoms. The fourth-order valence-electron chi connectivity index (χ4n) is 2.52. The lowest BCUT2D eigenvalue weighted by Gasteiger charge is -2.36. The molecular weight excluding hydrogens is 274 g/mol. The third kappa shape index (κ3) is 5.31. The molecule has 1 heterocycles. The van der Waals surface area contributed by atoms with Gasteiger partial charge in [0.15, 0.2) is 0 Å². The van der Waals surface area contributed by atoms with Gasteiger partial charge in [0.05, 0.1) is 5.25 Å². The maximum absolute atomic E-state index is 12.5. The van der Waals surface area contributed by atoms with Gasteiger partial charge in [0.25, 0.3) is 0 Å². The second-order valence-electron chi connectivity index (χ2n) is 6.15. The van der Waals surface area contributed by atoms with Gasteiger partial charge in [-0.15, -0.1) is 0 Å². The Morgan fingerprint density at radius 2 is 1.70 bits per heavy atom. The van der Waals surface area contributed by atoms with Crippen LogP contribution in [0.1, 0.15) is 34.1 Å². The standard InChI is InChI=1S/C14H31N3O2S/c1-5-6-15-11-14(4)20(18,19)17-9-7-16(8-10-17)12-13(2)3/h13-15H,5-12H2,1-4H3. The largest absolute Gasteiger partial charge is 0.315 e. The zero-order valence-electron chi connectivity index (χ0n) is 13.4. The molecule has 1 N–H and O–H groups in total. The molecule has 1 rings (SSSR count). The average Bonchev–Trinajstić information content (AvgIpc) is 2.38. The molecule has 0 saturated carbocycles. The first-order valence-corrected chi connectivity index (χ1v) is 9.30. The van der Waals surface area contributed by atoms with Crippen LogP contribution >= 0.6 is 0 Å². The predicted octanol–water partition coefficient (Wildman–Crippen LogP) is 0.978. The van der Waals surface area contributed by atoms with E-state index in [-0.39, 0.29) is 5.25 Å². The van der Waals surface area contributed by atoms with E-state index in [2.05, 4.69) is 31.0 Å². The fraction of sp³-hybridized carbons (Fsp3) is 1.00. The highest BCUT2D eigenvalue weighted by Gasteiger charge is 2.31. The monoisotopic (exact) mass is 305 g/mol. The van der Waals surface area contributed by atoms with Crippen LogP contribution in [-0.4, -0.2) is 68.7 Å². The molecule has 0 amide bonds. The summed E-state index contributed by atoms with van der Waals surface area (Å²) in [5, 5.41) is 2.86. The second-order valence-corrected chi connectivity index (χ2v) is 8.50. The topological polar surface area (TPSA) is 52.7 Å². The lowest BCUT2D eigenvalue weighted by atomic mass is 10.2. The van der Waals surface area contributed by atoms with Gasteiger partial charge in [0.1, 0.15) is 0 Å². The van der Waals surface area contributed by atoms with Crippen LogP contribution in [0.2, 0.25) is 0 Å². The van der Waals surface area contributed by atoms with Gasteiger partial charge in [-0.05, 0) is 25.8 Å². The second kappa shape index (κ2) is 8.32. The van der Waals surface area contributed by atoms with Gasteiger partial charge >= 0.3 is 0 Å². The molecule has 0 bridgehead atoms. The molecule has 1 atom stereocenters. The van der Waals surface area contributed by atoms with Crippen LogP contribution in [0.25, 0.3) is 0 Å². The van der Waals surface area contributed by atoms with Crippen molar-refractivity contribution in [3.63, 3.8) is 0 Å². The molecule has 0 aromatic rings. The minimum atomic E-state index is -3.15. The van der Waals surface area contributed by atoms with Crippen molar-refractivity contribution in [1.82, 2.24) is 14.5 Å². The van der Waals surface area contributed by atoms with Crippen molar-refractivity contribution in [2.45, 2.75) is 39.4 Å². The van der Waals surface area contributed by atoms with Gasteiger partial charge in [-0.2, -0.15) is 4.31 Å². The Labute approximate surface area is 124 Å². The SMILES string of the molecule is CCCNCC(C)S(=O)(=O)N1CCN(CC(C)C)CC1. The van der Waals surface area contributed by atoms with Crippen molar-refractivity contribution in [2.24, 2.45) is 5.92 Å². The molecule has 1 saturated heterocycles. The third-order valence-electron chi connectivity index (χ3n) is 3.68. The molecule has 0 aromatic heterocycles. The molecule has 6 heteroatoms. The van der Waals surface area contributed by atoms with Crippen LogP contribution in [0.5, 0.6) is 0 Å². The van der Waals surface area contributed by atoms with E-state index in [1.165, 1.54) is 0 Å². The Hall–Kier alpha value is -0.170. The summed E-state index contributed by atoms with van der Waals surface area (Å²) in [4.78, 5) is 2.36. The molecule has 120 valence electrons. The van der Waals surface area contributed by atoms with Crippen LogP contribution in [0.3, 0.4) is 0 Å². The molecule has 5 nitrogen and oxygen atoms in total.